The minimum atomic E-state index is -3.52. The van der Waals surface area contributed by atoms with E-state index in [1.807, 2.05) is 4.90 Å². The van der Waals surface area contributed by atoms with Gasteiger partial charge in [0, 0.05) is 25.6 Å². The van der Waals surface area contributed by atoms with Crippen LogP contribution >= 0.6 is 0 Å². The maximum Gasteiger partial charge on any atom is 0.275 e. The molecule has 0 aliphatic carbocycles. The number of hydrogen-bond donors (Lipinski definition) is 1. The largest absolute Gasteiger partial charge is 0.379 e. The van der Waals surface area contributed by atoms with E-state index in [4.69, 9.17) is 10.5 Å². The van der Waals surface area contributed by atoms with Crippen LogP contribution in [0, 0.1) is 0 Å². The molecule has 9 heteroatoms. The second-order valence-electron chi connectivity index (χ2n) is 5.68. The average Bonchev–Trinajstić information content (AvgIpc) is 3.06. The van der Waals surface area contributed by atoms with Crippen molar-refractivity contribution in [3.05, 3.63) is 18.3 Å². The van der Waals surface area contributed by atoms with Gasteiger partial charge in [-0.25, -0.2) is 18.3 Å². The third kappa shape index (κ3) is 3.17. The summed E-state index contributed by atoms with van der Waals surface area (Å²) in [5.74, 6) is 0.341. The van der Waals surface area contributed by atoms with Gasteiger partial charge in [0.1, 0.15) is 11.1 Å². The van der Waals surface area contributed by atoms with Gasteiger partial charge in [0.25, 0.3) is 11.7 Å². The topological polar surface area (TPSA) is 107 Å². The van der Waals surface area contributed by atoms with E-state index in [9.17, 15) is 13.2 Å². The van der Waals surface area contributed by atoms with Crippen molar-refractivity contribution in [3.63, 3.8) is 0 Å². The summed E-state index contributed by atoms with van der Waals surface area (Å²) in [7, 11) is -3.52. The van der Waals surface area contributed by atoms with Crippen LogP contribution in [0.5, 0.6) is 0 Å². The van der Waals surface area contributed by atoms with E-state index in [0.29, 0.717) is 32.1 Å². The summed E-state index contributed by atoms with van der Waals surface area (Å²) in [6.07, 6.45) is 3.07. The maximum atomic E-state index is 12.6. The number of primary amides is 1. The van der Waals surface area contributed by atoms with Gasteiger partial charge in [0.15, 0.2) is 6.04 Å². The predicted molar refractivity (Wildman–Crippen MR) is 82.1 cm³/mol. The average molecular weight is 341 g/mol. The van der Waals surface area contributed by atoms with E-state index in [1.165, 1.54) is 10.5 Å². The van der Waals surface area contributed by atoms with Crippen molar-refractivity contribution in [1.29, 1.82) is 0 Å². The van der Waals surface area contributed by atoms with Gasteiger partial charge in [-0.15, -0.1) is 0 Å². The Morgan fingerprint density at radius 2 is 2.00 bits per heavy atom. The maximum absolute atomic E-state index is 12.6. The molecule has 2 aliphatic rings. The van der Waals surface area contributed by atoms with Crippen molar-refractivity contribution in [1.82, 2.24) is 4.31 Å². The lowest BCUT2D eigenvalue weighted by Gasteiger charge is -2.25. The zero-order valence-corrected chi connectivity index (χ0v) is 13.6. The number of ether oxygens (including phenoxy) is 1. The smallest absolute Gasteiger partial charge is 0.275 e. The second-order valence-corrected chi connectivity index (χ2v) is 7.62. The molecule has 3 N–H and O–H groups in total. The number of aromatic amines is 1. The first-order valence-electron chi connectivity index (χ1n) is 7.66. The highest BCUT2D eigenvalue weighted by atomic mass is 32.2. The molecular weight excluding hydrogens is 320 g/mol. The first-order chi connectivity index (χ1) is 11.0. The Hall–Kier alpha value is -1.71. The lowest BCUT2D eigenvalue weighted by atomic mass is 10.2. The normalized spacial score (nSPS) is 23.1. The first kappa shape index (κ1) is 16.2. The fourth-order valence-corrected chi connectivity index (χ4v) is 4.40. The molecule has 0 radical (unpaired) electrons. The molecule has 3 rings (SSSR count). The van der Waals surface area contributed by atoms with Crippen molar-refractivity contribution < 1.29 is 22.9 Å². The molecule has 3 heterocycles. The number of H-pyrrole nitrogens is 1. The molecule has 8 nitrogen and oxygen atoms in total. The summed E-state index contributed by atoms with van der Waals surface area (Å²) in [6, 6.07) is 2.91. The first-order valence-corrected chi connectivity index (χ1v) is 9.10. The highest BCUT2D eigenvalue weighted by molar-refractivity contribution is 7.89. The molecule has 1 aromatic heterocycles. The molecule has 0 bridgehead atoms. The van der Waals surface area contributed by atoms with Crippen molar-refractivity contribution in [2.75, 3.05) is 37.7 Å². The fraction of sp³-hybridized carbons (Fsp3) is 0.571. The highest BCUT2D eigenvalue weighted by Crippen LogP contribution is 2.23. The van der Waals surface area contributed by atoms with Gasteiger partial charge in [0.2, 0.25) is 10.0 Å². The van der Waals surface area contributed by atoms with Gasteiger partial charge in [-0.2, -0.15) is 4.31 Å². The van der Waals surface area contributed by atoms with E-state index >= 15 is 0 Å². The molecule has 1 amide bonds. The molecule has 0 aromatic carbocycles. The van der Waals surface area contributed by atoms with Crippen molar-refractivity contribution in [3.8, 4) is 0 Å². The Morgan fingerprint density at radius 3 is 2.61 bits per heavy atom. The molecule has 0 spiro atoms. The summed E-state index contributed by atoms with van der Waals surface area (Å²) in [6.45, 7) is 2.27. The minimum Gasteiger partial charge on any atom is -0.379 e. The molecular formula is C14H21N4O4S+. The van der Waals surface area contributed by atoms with E-state index < -0.39 is 10.0 Å². The summed E-state index contributed by atoms with van der Waals surface area (Å²) < 4.78 is 31.7. The van der Waals surface area contributed by atoms with E-state index in [2.05, 4.69) is 4.98 Å². The summed E-state index contributed by atoms with van der Waals surface area (Å²) >= 11 is 0. The number of nitrogens with two attached hydrogens (primary N) is 1. The number of anilines is 1. The number of morpholine rings is 1. The van der Waals surface area contributed by atoms with Crippen molar-refractivity contribution >= 4 is 21.7 Å². The Balaban J connectivity index is 1.80. The lowest BCUT2D eigenvalue weighted by molar-refractivity contribution is -0.367. The number of carbonyl (C=O) groups excluding carboxylic acids is 1. The zero-order valence-electron chi connectivity index (χ0n) is 12.8. The van der Waals surface area contributed by atoms with Crippen LogP contribution in [0.4, 0.5) is 5.82 Å². The molecule has 1 atom stereocenters. The number of hydrogen-bond acceptors (Lipinski definition) is 5. The molecule has 2 fully saturated rings. The number of carbonyl (C=O) groups is 1. The van der Waals surface area contributed by atoms with Gasteiger partial charge in [-0.3, -0.25) is 4.79 Å². The number of aromatic nitrogens is 1. The Bertz CT molecular complexity index is 671. The van der Waals surface area contributed by atoms with Crippen molar-refractivity contribution in [2.45, 2.75) is 23.8 Å². The van der Waals surface area contributed by atoms with Crippen LogP contribution in [0.3, 0.4) is 0 Å². The number of amides is 1. The van der Waals surface area contributed by atoms with Gasteiger partial charge < -0.3 is 10.5 Å². The molecule has 0 unspecified atom stereocenters. The highest BCUT2D eigenvalue weighted by Gasteiger charge is 2.36. The Morgan fingerprint density at radius 1 is 1.26 bits per heavy atom. The number of nitrogens with zero attached hydrogens (tertiary/aromatic N) is 2. The quantitative estimate of drug-likeness (QED) is 0.754. The van der Waals surface area contributed by atoms with Crippen LogP contribution in [0.15, 0.2) is 23.2 Å². The third-order valence-corrected chi connectivity index (χ3v) is 6.16. The second kappa shape index (κ2) is 6.42. The van der Waals surface area contributed by atoms with Crippen LogP contribution in [0.2, 0.25) is 0 Å². The Kier molecular flexibility index (Phi) is 4.51. The van der Waals surface area contributed by atoms with Crippen molar-refractivity contribution in [2.24, 2.45) is 5.73 Å². The molecule has 126 valence electrons. The lowest BCUT2D eigenvalue weighted by Crippen LogP contribution is -2.43. The summed E-state index contributed by atoms with van der Waals surface area (Å²) in [5, 5.41) is 0. The number of nitrogens with one attached hydrogen (secondary N) is 1. The van der Waals surface area contributed by atoms with Gasteiger partial charge in [0.05, 0.1) is 19.8 Å². The van der Waals surface area contributed by atoms with Gasteiger partial charge in [-0.05, 0) is 12.5 Å². The standard InChI is InChI=1S/C14H20N4O4S/c15-14(19)12-2-1-5-18(12)13-4-3-11(10-16-13)23(20,21)17-6-8-22-9-7-17/h3-4,10,12H,1-2,5-9H2,(H2,15,19)/p+1/t12-/m0/s1. The fourth-order valence-electron chi connectivity index (χ4n) is 3.03. The van der Waals surface area contributed by atoms with E-state index in [1.54, 1.807) is 12.1 Å². The van der Waals surface area contributed by atoms with E-state index in [0.717, 1.165) is 19.4 Å². The monoisotopic (exact) mass is 341 g/mol. The van der Waals surface area contributed by atoms with Crippen LogP contribution in [-0.2, 0) is 19.6 Å². The number of pyridine rings is 1. The van der Waals surface area contributed by atoms with Crippen LogP contribution < -0.4 is 15.6 Å². The summed E-state index contributed by atoms with van der Waals surface area (Å²) in [5.41, 5.74) is 5.41. The molecule has 2 aliphatic heterocycles. The molecule has 1 aromatic rings. The minimum absolute atomic E-state index is 0.206. The third-order valence-electron chi connectivity index (χ3n) is 4.27. The molecule has 2 saturated heterocycles. The SMILES string of the molecule is NC(=O)[C@@H]1CCCN1c1ccc(S(=O)(=O)N2CCOCC2)c[nH+]1. The Labute approximate surface area is 135 Å². The predicted octanol–water partition coefficient (Wildman–Crippen LogP) is -1.02. The van der Waals surface area contributed by atoms with Gasteiger partial charge >= 0.3 is 0 Å². The van der Waals surface area contributed by atoms with Crippen LogP contribution in [0.1, 0.15) is 12.8 Å². The van der Waals surface area contributed by atoms with Crippen LogP contribution in [0.25, 0.3) is 0 Å². The van der Waals surface area contributed by atoms with E-state index in [-0.39, 0.29) is 16.8 Å². The number of rotatable bonds is 4. The number of sulfonamides is 1. The molecule has 23 heavy (non-hydrogen) atoms. The van der Waals surface area contributed by atoms with Gasteiger partial charge in [-0.1, -0.05) is 0 Å². The molecule has 0 saturated carbocycles. The van der Waals surface area contributed by atoms with Crippen LogP contribution in [-0.4, -0.2) is 57.5 Å². The summed E-state index contributed by atoms with van der Waals surface area (Å²) in [4.78, 5) is 16.5. The zero-order chi connectivity index (χ0) is 16.4.